The summed E-state index contributed by atoms with van der Waals surface area (Å²) in [6, 6.07) is 6.17. The van der Waals surface area contributed by atoms with Crippen LogP contribution in [0.3, 0.4) is 0 Å². The van der Waals surface area contributed by atoms with Crippen LogP contribution in [0, 0.1) is 5.82 Å². The number of rotatable bonds is 6. The number of carboxylic acid groups (broad SMARTS) is 1. The van der Waals surface area contributed by atoms with Gasteiger partial charge < -0.3 is 10.0 Å². The molecule has 1 N–H and O–H groups in total. The zero-order valence-corrected chi connectivity index (χ0v) is 10.9. The molecule has 19 heavy (non-hydrogen) atoms. The average molecular weight is 280 g/mol. The molecule has 0 aliphatic heterocycles. The summed E-state index contributed by atoms with van der Waals surface area (Å²) in [4.78, 5) is 16.7. The number of carboxylic acids is 1. The van der Waals surface area contributed by atoms with Crippen LogP contribution < -0.4 is 4.90 Å². The molecule has 0 amide bonds. The zero-order chi connectivity index (χ0) is 13.7. The van der Waals surface area contributed by atoms with Gasteiger partial charge in [-0.15, -0.1) is 11.3 Å². The molecule has 0 fully saturated rings. The van der Waals surface area contributed by atoms with E-state index in [1.807, 2.05) is 10.3 Å². The number of halogens is 1. The Morgan fingerprint density at radius 3 is 2.68 bits per heavy atom. The molecule has 0 saturated heterocycles. The van der Waals surface area contributed by atoms with Gasteiger partial charge in [-0.2, -0.15) is 0 Å². The summed E-state index contributed by atoms with van der Waals surface area (Å²) >= 11 is 1.45. The second-order valence-corrected chi connectivity index (χ2v) is 4.88. The zero-order valence-electron chi connectivity index (χ0n) is 10.1. The Balaban J connectivity index is 2.09. The minimum Gasteiger partial charge on any atom is -0.481 e. The topological polar surface area (TPSA) is 53.4 Å². The molecule has 6 heteroatoms. The summed E-state index contributed by atoms with van der Waals surface area (Å²) < 4.78 is 12.8. The molecule has 0 atom stereocenters. The Morgan fingerprint density at radius 1 is 1.37 bits per heavy atom. The fourth-order valence-corrected chi connectivity index (χ4v) is 2.33. The van der Waals surface area contributed by atoms with Crippen molar-refractivity contribution < 1.29 is 14.3 Å². The van der Waals surface area contributed by atoms with Crippen LogP contribution in [0.2, 0.25) is 0 Å². The van der Waals surface area contributed by atoms with E-state index in [2.05, 4.69) is 4.98 Å². The lowest BCUT2D eigenvalue weighted by atomic mass is 10.2. The third kappa shape index (κ3) is 4.03. The molecule has 1 aromatic heterocycles. The van der Waals surface area contributed by atoms with E-state index in [0.717, 1.165) is 10.7 Å². The molecular weight excluding hydrogens is 267 g/mol. The molecule has 0 spiro atoms. The molecule has 1 heterocycles. The Hall–Kier alpha value is -1.95. The largest absolute Gasteiger partial charge is 0.481 e. The van der Waals surface area contributed by atoms with Crippen molar-refractivity contribution in [1.29, 1.82) is 0 Å². The molecular formula is C13H13FN2O2S. The molecule has 0 aliphatic carbocycles. The van der Waals surface area contributed by atoms with Gasteiger partial charge in [-0.25, -0.2) is 9.37 Å². The van der Waals surface area contributed by atoms with Gasteiger partial charge in [-0.05, 0) is 17.7 Å². The lowest BCUT2D eigenvalue weighted by molar-refractivity contribution is -0.136. The maximum atomic E-state index is 12.8. The number of thiazole rings is 1. The Labute approximate surface area is 114 Å². The third-order valence-corrected chi connectivity index (χ3v) is 3.40. The second-order valence-electron chi connectivity index (χ2n) is 4.01. The van der Waals surface area contributed by atoms with Crippen molar-refractivity contribution in [1.82, 2.24) is 4.98 Å². The predicted molar refractivity (Wildman–Crippen MR) is 71.8 cm³/mol. The number of aromatic nitrogens is 1. The van der Waals surface area contributed by atoms with E-state index in [9.17, 15) is 9.18 Å². The van der Waals surface area contributed by atoms with Crippen molar-refractivity contribution in [2.24, 2.45) is 0 Å². The summed E-state index contributed by atoms with van der Waals surface area (Å²) in [5.74, 6) is -1.13. The van der Waals surface area contributed by atoms with Crippen molar-refractivity contribution >= 4 is 22.4 Å². The number of hydrogen-bond acceptors (Lipinski definition) is 4. The van der Waals surface area contributed by atoms with E-state index in [-0.39, 0.29) is 12.2 Å². The first kappa shape index (κ1) is 13.5. The van der Waals surface area contributed by atoms with Crippen LogP contribution in [0.25, 0.3) is 0 Å². The maximum absolute atomic E-state index is 12.8. The van der Waals surface area contributed by atoms with Gasteiger partial charge in [0.15, 0.2) is 5.13 Å². The highest BCUT2D eigenvalue weighted by Gasteiger charge is 2.11. The normalized spacial score (nSPS) is 10.4. The first-order chi connectivity index (χ1) is 9.15. The summed E-state index contributed by atoms with van der Waals surface area (Å²) in [6.45, 7) is 0.890. The van der Waals surface area contributed by atoms with Crippen LogP contribution in [-0.4, -0.2) is 22.6 Å². The summed E-state index contributed by atoms with van der Waals surface area (Å²) in [5.41, 5.74) is 0.919. The number of carbonyl (C=O) groups is 1. The van der Waals surface area contributed by atoms with Crippen molar-refractivity contribution in [3.05, 3.63) is 47.2 Å². The van der Waals surface area contributed by atoms with Gasteiger partial charge in [-0.1, -0.05) is 12.1 Å². The van der Waals surface area contributed by atoms with Gasteiger partial charge in [0.2, 0.25) is 0 Å². The minimum absolute atomic E-state index is 0.0424. The smallest absolute Gasteiger partial charge is 0.305 e. The number of hydrogen-bond donors (Lipinski definition) is 1. The number of benzene rings is 1. The van der Waals surface area contributed by atoms with E-state index >= 15 is 0 Å². The SMILES string of the molecule is O=C(O)CCN(Cc1ccc(F)cc1)c1nccs1. The Kier molecular flexibility index (Phi) is 4.46. The van der Waals surface area contributed by atoms with Crippen LogP contribution in [-0.2, 0) is 11.3 Å². The molecule has 0 unspecified atom stereocenters. The highest BCUT2D eigenvalue weighted by Crippen LogP contribution is 2.20. The second kappa shape index (κ2) is 6.29. The lowest BCUT2D eigenvalue weighted by Crippen LogP contribution is -2.25. The van der Waals surface area contributed by atoms with Gasteiger partial charge in [0.25, 0.3) is 0 Å². The molecule has 1 aromatic carbocycles. The Bertz CT molecular complexity index is 528. The van der Waals surface area contributed by atoms with Crippen LogP contribution in [0.1, 0.15) is 12.0 Å². The lowest BCUT2D eigenvalue weighted by Gasteiger charge is -2.21. The third-order valence-electron chi connectivity index (χ3n) is 2.57. The fraction of sp³-hybridized carbons (Fsp3) is 0.231. The highest BCUT2D eigenvalue weighted by molar-refractivity contribution is 7.13. The summed E-state index contributed by atoms with van der Waals surface area (Å²) in [7, 11) is 0. The number of nitrogens with zero attached hydrogens (tertiary/aromatic N) is 2. The van der Waals surface area contributed by atoms with Crippen molar-refractivity contribution in [3.8, 4) is 0 Å². The van der Waals surface area contributed by atoms with Crippen LogP contribution >= 0.6 is 11.3 Å². The first-order valence-electron chi connectivity index (χ1n) is 5.76. The van der Waals surface area contributed by atoms with Crippen LogP contribution in [0.5, 0.6) is 0 Å². The van der Waals surface area contributed by atoms with Crippen molar-refractivity contribution in [3.63, 3.8) is 0 Å². The molecule has 0 bridgehead atoms. The van der Waals surface area contributed by atoms with E-state index < -0.39 is 5.97 Å². The molecule has 2 rings (SSSR count). The fourth-order valence-electron chi connectivity index (χ4n) is 1.66. The van der Waals surface area contributed by atoms with E-state index in [1.54, 1.807) is 18.3 Å². The van der Waals surface area contributed by atoms with Gasteiger partial charge in [0.05, 0.1) is 6.42 Å². The van der Waals surface area contributed by atoms with Gasteiger partial charge >= 0.3 is 5.97 Å². The molecule has 2 aromatic rings. The first-order valence-corrected chi connectivity index (χ1v) is 6.64. The molecule has 0 aliphatic rings. The van der Waals surface area contributed by atoms with Crippen LogP contribution in [0.4, 0.5) is 9.52 Å². The average Bonchev–Trinajstić information content (AvgIpc) is 2.90. The van der Waals surface area contributed by atoms with E-state index in [4.69, 9.17) is 5.11 Å². The number of anilines is 1. The summed E-state index contributed by atoms with van der Waals surface area (Å²) in [5, 5.41) is 11.4. The molecule has 0 saturated carbocycles. The Morgan fingerprint density at radius 2 is 2.11 bits per heavy atom. The minimum atomic E-state index is -0.847. The number of aliphatic carboxylic acids is 1. The molecule has 4 nitrogen and oxygen atoms in total. The van der Waals surface area contributed by atoms with Gasteiger partial charge in [0.1, 0.15) is 5.82 Å². The predicted octanol–water partition coefficient (Wildman–Crippen LogP) is 2.76. The monoisotopic (exact) mass is 280 g/mol. The van der Waals surface area contributed by atoms with E-state index in [0.29, 0.717) is 13.1 Å². The van der Waals surface area contributed by atoms with E-state index in [1.165, 1.54) is 23.5 Å². The highest BCUT2D eigenvalue weighted by atomic mass is 32.1. The standard InChI is InChI=1S/C13H13FN2O2S/c14-11-3-1-10(2-4-11)9-16(7-5-12(17)18)13-15-6-8-19-13/h1-4,6,8H,5,7,9H2,(H,17,18). The molecule has 0 radical (unpaired) electrons. The quantitative estimate of drug-likeness (QED) is 0.884. The van der Waals surface area contributed by atoms with Crippen molar-refractivity contribution in [2.45, 2.75) is 13.0 Å². The van der Waals surface area contributed by atoms with Gasteiger partial charge in [0, 0.05) is 24.7 Å². The summed E-state index contributed by atoms with van der Waals surface area (Å²) in [6.07, 6.45) is 1.72. The van der Waals surface area contributed by atoms with Crippen molar-refractivity contribution in [2.75, 3.05) is 11.4 Å². The maximum Gasteiger partial charge on any atom is 0.305 e. The van der Waals surface area contributed by atoms with Crippen LogP contribution in [0.15, 0.2) is 35.8 Å². The van der Waals surface area contributed by atoms with Gasteiger partial charge in [-0.3, -0.25) is 4.79 Å². The molecule has 100 valence electrons.